The minimum Gasteiger partial charge on any atom is -0.383 e. The zero-order valence-corrected chi connectivity index (χ0v) is 13.2. The molecule has 1 aromatic carbocycles. The average molecular weight is 349 g/mol. The van der Waals surface area contributed by atoms with Crippen molar-refractivity contribution >= 4 is 27.3 Å². The van der Waals surface area contributed by atoms with Crippen LogP contribution in [0.1, 0.15) is 22.1 Å². The van der Waals surface area contributed by atoms with E-state index in [9.17, 15) is 5.11 Å². The summed E-state index contributed by atoms with van der Waals surface area (Å²) in [6.45, 7) is 2.02. The molecule has 0 bridgehead atoms. The minimum atomic E-state index is -0.637. The Kier molecular flexibility index (Phi) is 3.74. The molecule has 5 heteroatoms. The van der Waals surface area contributed by atoms with Gasteiger partial charge in [-0.05, 0) is 46.6 Å². The third-order valence-electron chi connectivity index (χ3n) is 3.08. The largest absolute Gasteiger partial charge is 0.383 e. The highest BCUT2D eigenvalue weighted by molar-refractivity contribution is 9.11. The van der Waals surface area contributed by atoms with E-state index in [4.69, 9.17) is 0 Å². The zero-order chi connectivity index (χ0) is 14.1. The summed E-state index contributed by atoms with van der Waals surface area (Å²) >= 11 is 5.04. The van der Waals surface area contributed by atoms with Crippen LogP contribution in [0.5, 0.6) is 0 Å². The third kappa shape index (κ3) is 2.57. The van der Waals surface area contributed by atoms with E-state index >= 15 is 0 Å². The summed E-state index contributed by atoms with van der Waals surface area (Å²) in [4.78, 5) is 0.919. The van der Waals surface area contributed by atoms with E-state index in [1.807, 2.05) is 49.5 Å². The fourth-order valence-electron chi connectivity index (χ4n) is 1.98. The van der Waals surface area contributed by atoms with Crippen molar-refractivity contribution in [1.82, 2.24) is 9.78 Å². The summed E-state index contributed by atoms with van der Waals surface area (Å²) < 4.78 is 2.83. The van der Waals surface area contributed by atoms with Crippen LogP contribution in [-0.4, -0.2) is 14.9 Å². The maximum Gasteiger partial charge on any atom is 0.116 e. The fourth-order valence-corrected chi connectivity index (χ4v) is 3.57. The highest BCUT2D eigenvalue weighted by Crippen LogP contribution is 2.34. The van der Waals surface area contributed by atoms with Crippen LogP contribution < -0.4 is 0 Å². The molecule has 0 amide bonds. The van der Waals surface area contributed by atoms with E-state index in [1.54, 1.807) is 22.2 Å². The number of aliphatic hydroxyl groups excluding tert-OH is 1. The van der Waals surface area contributed by atoms with Crippen molar-refractivity contribution in [3.8, 4) is 5.69 Å². The third-order valence-corrected chi connectivity index (χ3v) is 5.27. The van der Waals surface area contributed by atoms with Gasteiger partial charge >= 0.3 is 0 Å². The maximum atomic E-state index is 10.4. The Morgan fingerprint density at radius 1 is 1.30 bits per heavy atom. The SMILES string of the molecule is Cc1cc(C(O)c2cnn(-c3ccccc3)c2)sc1Br. The highest BCUT2D eigenvalue weighted by Gasteiger charge is 2.16. The second-order valence-corrected chi connectivity index (χ2v) is 6.96. The molecule has 2 heterocycles. The molecule has 0 spiro atoms. The number of hydrogen-bond acceptors (Lipinski definition) is 3. The molecule has 0 aliphatic heterocycles. The lowest BCUT2D eigenvalue weighted by Gasteiger charge is -2.05. The van der Waals surface area contributed by atoms with E-state index in [0.717, 1.165) is 25.5 Å². The van der Waals surface area contributed by atoms with Crippen molar-refractivity contribution in [2.24, 2.45) is 0 Å². The Morgan fingerprint density at radius 2 is 2.05 bits per heavy atom. The Bertz CT molecular complexity index is 701. The number of halogens is 1. The number of aryl methyl sites for hydroxylation is 1. The Morgan fingerprint density at radius 3 is 2.70 bits per heavy atom. The summed E-state index contributed by atoms with van der Waals surface area (Å²) in [6, 6.07) is 11.9. The van der Waals surface area contributed by atoms with E-state index in [1.165, 1.54) is 0 Å². The van der Waals surface area contributed by atoms with Gasteiger partial charge in [0.15, 0.2) is 0 Å². The fraction of sp³-hybridized carbons (Fsp3) is 0.133. The van der Waals surface area contributed by atoms with Gasteiger partial charge in [0.1, 0.15) is 6.10 Å². The predicted molar refractivity (Wildman–Crippen MR) is 84.4 cm³/mol. The van der Waals surface area contributed by atoms with Gasteiger partial charge in [0.2, 0.25) is 0 Å². The summed E-state index contributed by atoms with van der Waals surface area (Å²) in [6.07, 6.45) is 2.94. The van der Waals surface area contributed by atoms with E-state index in [-0.39, 0.29) is 0 Å². The Hall–Kier alpha value is -1.43. The topological polar surface area (TPSA) is 38.1 Å². The standard InChI is InChI=1S/C15H13BrN2OS/c1-10-7-13(20-15(10)16)14(19)11-8-17-18(9-11)12-5-3-2-4-6-12/h2-9,14,19H,1H3. The molecule has 0 saturated heterocycles. The molecule has 0 aliphatic carbocycles. The lowest BCUT2D eigenvalue weighted by molar-refractivity contribution is 0.224. The van der Waals surface area contributed by atoms with Crippen molar-refractivity contribution < 1.29 is 5.11 Å². The van der Waals surface area contributed by atoms with Crippen LogP contribution in [0, 0.1) is 6.92 Å². The van der Waals surface area contributed by atoms with Gasteiger partial charge < -0.3 is 5.11 Å². The van der Waals surface area contributed by atoms with Crippen molar-refractivity contribution in [1.29, 1.82) is 0 Å². The maximum absolute atomic E-state index is 10.4. The number of para-hydroxylation sites is 1. The van der Waals surface area contributed by atoms with Gasteiger partial charge in [-0.15, -0.1) is 11.3 Å². The summed E-state index contributed by atoms with van der Waals surface area (Å²) in [5.74, 6) is 0. The number of aromatic nitrogens is 2. The number of hydrogen-bond donors (Lipinski definition) is 1. The molecule has 0 aliphatic rings. The molecule has 0 fully saturated rings. The van der Waals surface area contributed by atoms with Crippen molar-refractivity contribution in [2.45, 2.75) is 13.0 Å². The monoisotopic (exact) mass is 348 g/mol. The van der Waals surface area contributed by atoms with Gasteiger partial charge in [-0.2, -0.15) is 5.10 Å². The molecule has 1 unspecified atom stereocenters. The highest BCUT2D eigenvalue weighted by atomic mass is 79.9. The second-order valence-electron chi connectivity index (χ2n) is 4.56. The molecule has 0 saturated carbocycles. The lowest BCUT2D eigenvalue weighted by Crippen LogP contribution is -1.96. The summed E-state index contributed by atoms with van der Waals surface area (Å²) in [5.41, 5.74) is 2.91. The van der Waals surface area contributed by atoms with E-state index in [2.05, 4.69) is 21.0 Å². The van der Waals surface area contributed by atoms with Crippen molar-refractivity contribution in [2.75, 3.05) is 0 Å². The second kappa shape index (κ2) is 5.52. The molecule has 0 radical (unpaired) electrons. The number of rotatable bonds is 3. The van der Waals surface area contributed by atoms with Gasteiger partial charge in [0, 0.05) is 16.6 Å². The Labute approximate surface area is 129 Å². The summed E-state index contributed by atoms with van der Waals surface area (Å²) in [7, 11) is 0. The molecule has 1 N–H and O–H groups in total. The molecular formula is C15H13BrN2OS. The first-order valence-corrected chi connectivity index (χ1v) is 7.80. The number of aliphatic hydroxyl groups is 1. The Balaban J connectivity index is 1.90. The van der Waals surface area contributed by atoms with Crippen LogP contribution >= 0.6 is 27.3 Å². The molecule has 3 nitrogen and oxygen atoms in total. The molecule has 3 aromatic rings. The van der Waals surface area contributed by atoms with Crippen LogP contribution in [0.25, 0.3) is 5.69 Å². The first-order chi connectivity index (χ1) is 9.65. The number of benzene rings is 1. The molecule has 102 valence electrons. The van der Waals surface area contributed by atoms with Crippen LogP contribution in [0.4, 0.5) is 0 Å². The number of nitrogens with zero attached hydrogens (tertiary/aromatic N) is 2. The van der Waals surface area contributed by atoms with Crippen molar-refractivity contribution in [3.63, 3.8) is 0 Å². The van der Waals surface area contributed by atoms with Crippen LogP contribution in [0.15, 0.2) is 52.6 Å². The molecule has 3 rings (SSSR count). The van der Waals surface area contributed by atoms with Gasteiger partial charge in [-0.25, -0.2) is 4.68 Å². The molecule has 1 atom stereocenters. The van der Waals surface area contributed by atoms with Crippen LogP contribution in [0.3, 0.4) is 0 Å². The average Bonchev–Trinajstić information content (AvgIpc) is 3.07. The van der Waals surface area contributed by atoms with Crippen LogP contribution in [0.2, 0.25) is 0 Å². The minimum absolute atomic E-state index is 0.637. The molecular weight excluding hydrogens is 336 g/mol. The lowest BCUT2D eigenvalue weighted by atomic mass is 10.1. The van der Waals surface area contributed by atoms with Gasteiger partial charge in [0.05, 0.1) is 15.7 Å². The smallest absolute Gasteiger partial charge is 0.116 e. The van der Waals surface area contributed by atoms with Gasteiger partial charge in [0.25, 0.3) is 0 Å². The zero-order valence-electron chi connectivity index (χ0n) is 10.8. The van der Waals surface area contributed by atoms with Crippen LogP contribution in [-0.2, 0) is 0 Å². The predicted octanol–water partition coefficient (Wildman–Crippen LogP) is 4.09. The first kappa shape index (κ1) is 13.5. The van der Waals surface area contributed by atoms with E-state index in [0.29, 0.717) is 0 Å². The van der Waals surface area contributed by atoms with Gasteiger partial charge in [-0.1, -0.05) is 18.2 Å². The summed E-state index contributed by atoms with van der Waals surface area (Å²) in [5, 5.41) is 14.7. The first-order valence-electron chi connectivity index (χ1n) is 6.19. The molecule has 20 heavy (non-hydrogen) atoms. The molecule has 2 aromatic heterocycles. The quantitative estimate of drug-likeness (QED) is 0.774. The normalized spacial score (nSPS) is 12.6. The van der Waals surface area contributed by atoms with Gasteiger partial charge in [-0.3, -0.25) is 0 Å². The van der Waals surface area contributed by atoms with E-state index < -0.39 is 6.10 Å². The number of thiophene rings is 1. The van der Waals surface area contributed by atoms with Crippen molar-refractivity contribution in [3.05, 3.63) is 68.6 Å².